The molecule has 1 saturated carbocycles. The number of aliphatic carboxylic acids is 1. The monoisotopic (exact) mass is 494 g/mol. The quantitative estimate of drug-likeness (QED) is 0.579. The highest BCUT2D eigenvalue weighted by molar-refractivity contribution is 7.98. The Morgan fingerprint density at radius 1 is 1.09 bits per heavy atom. The minimum atomic E-state index is -0.773. The maximum Gasteiger partial charge on any atom is 0.407 e. The predicted molar refractivity (Wildman–Crippen MR) is 134 cm³/mol. The van der Waals surface area contributed by atoms with Crippen LogP contribution in [-0.2, 0) is 14.3 Å². The molecule has 0 bridgehead atoms. The lowest BCUT2D eigenvalue weighted by atomic mass is 9.98. The summed E-state index contributed by atoms with van der Waals surface area (Å²) < 4.78 is 5.66. The molecule has 2 unspecified atom stereocenters. The van der Waals surface area contributed by atoms with Crippen LogP contribution in [0.15, 0.2) is 48.5 Å². The topological polar surface area (TPSA) is 95.9 Å². The number of alkyl carbamates (subject to hydrolysis) is 1. The number of carbonyl (C=O) groups excluding carboxylic acids is 2. The molecule has 2 aromatic rings. The number of hydrogen-bond donors (Lipinski definition) is 2. The fourth-order valence-electron chi connectivity index (χ4n) is 5.80. The van der Waals surface area contributed by atoms with Crippen LogP contribution in [0.2, 0.25) is 0 Å². The molecule has 0 radical (unpaired) electrons. The van der Waals surface area contributed by atoms with Crippen LogP contribution in [0.3, 0.4) is 0 Å². The molecule has 2 aliphatic carbocycles. The summed E-state index contributed by atoms with van der Waals surface area (Å²) in [5, 5.41) is 12.1. The van der Waals surface area contributed by atoms with Gasteiger partial charge in [-0.1, -0.05) is 48.5 Å². The van der Waals surface area contributed by atoms with Gasteiger partial charge in [-0.05, 0) is 58.9 Å². The molecule has 2 fully saturated rings. The summed E-state index contributed by atoms with van der Waals surface area (Å²) >= 11 is 1.61. The van der Waals surface area contributed by atoms with Crippen molar-refractivity contribution in [1.29, 1.82) is 0 Å². The second-order valence-electron chi connectivity index (χ2n) is 9.57. The van der Waals surface area contributed by atoms with Crippen molar-refractivity contribution < 1.29 is 24.2 Å². The molecule has 2 N–H and O–H groups in total. The van der Waals surface area contributed by atoms with Crippen molar-refractivity contribution in [2.24, 2.45) is 17.8 Å². The number of fused-ring (bicyclic) bond motifs is 4. The molecule has 3 aliphatic rings. The van der Waals surface area contributed by atoms with Crippen LogP contribution in [0, 0.1) is 17.8 Å². The van der Waals surface area contributed by atoms with Crippen LogP contribution in [0.4, 0.5) is 4.79 Å². The lowest BCUT2D eigenvalue weighted by molar-refractivity contribution is -0.139. The average Bonchev–Trinajstić information content (AvgIpc) is 3.52. The number of piperidine rings is 1. The Balaban J connectivity index is 1.22. The molecule has 1 aliphatic heterocycles. The van der Waals surface area contributed by atoms with E-state index in [4.69, 9.17) is 4.74 Å². The zero-order valence-electron chi connectivity index (χ0n) is 19.7. The predicted octanol–water partition coefficient (Wildman–Crippen LogP) is 3.83. The number of amides is 2. The van der Waals surface area contributed by atoms with Crippen LogP contribution in [-0.4, -0.2) is 65.7 Å². The fourth-order valence-corrected chi connectivity index (χ4v) is 6.27. The number of benzene rings is 2. The molecule has 0 aromatic heterocycles. The molecule has 0 spiro atoms. The Hall–Kier alpha value is -3.00. The fraction of sp³-hybridized carbons (Fsp3) is 0.444. The summed E-state index contributed by atoms with van der Waals surface area (Å²) in [5.74, 6) is -0.385. The number of nitrogens with zero attached hydrogens (tertiary/aromatic N) is 1. The van der Waals surface area contributed by atoms with Gasteiger partial charge in [-0.15, -0.1) is 0 Å². The van der Waals surface area contributed by atoms with Gasteiger partial charge in [0.15, 0.2) is 0 Å². The van der Waals surface area contributed by atoms with Gasteiger partial charge in [0, 0.05) is 19.0 Å². The molecule has 184 valence electrons. The summed E-state index contributed by atoms with van der Waals surface area (Å²) in [6.45, 7) is 1.17. The molecule has 1 saturated heterocycles. The van der Waals surface area contributed by atoms with Crippen LogP contribution in [0.25, 0.3) is 11.1 Å². The van der Waals surface area contributed by atoms with Gasteiger partial charge in [0.1, 0.15) is 12.6 Å². The first-order valence-electron chi connectivity index (χ1n) is 12.1. The van der Waals surface area contributed by atoms with Gasteiger partial charge in [-0.25, -0.2) is 4.79 Å². The molecule has 1 heterocycles. The summed E-state index contributed by atoms with van der Waals surface area (Å²) in [4.78, 5) is 39.2. The van der Waals surface area contributed by atoms with Gasteiger partial charge in [0.05, 0.1) is 5.92 Å². The zero-order chi connectivity index (χ0) is 24.5. The maximum absolute atomic E-state index is 13.3. The third-order valence-corrected chi connectivity index (χ3v) is 8.28. The van der Waals surface area contributed by atoms with Crippen molar-refractivity contribution in [3.05, 3.63) is 59.7 Å². The van der Waals surface area contributed by atoms with E-state index in [0.29, 0.717) is 25.9 Å². The summed E-state index contributed by atoms with van der Waals surface area (Å²) in [6.07, 6.45) is 2.56. The first kappa shape index (κ1) is 23.7. The Morgan fingerprint density at radius 3 is 2.37 bits per heavy atom. The number of carbonyl (C=O) groups is 3. The molecule has 7 nitrogen and oxygen atoms in total. The van der Waals surface area contributed by atoms with Crippen molar-refractivity contribution in [2.45, 2.75) is 24.8 Å². The molecular formula is C27H30N2O5S. The maximum atomic E-state index is 13.3. The van der Waals surface area contributed by atoms with E-state index in [9.17, 15) is 19.5 Å². The summed E-state index contributed by atoms with van der Waals surface area (Å²) in [7, 11) is 0. The number of ether oxygens (including phenoxy) is 1. The smallest absolute Gasteiger partial charge is 0.407 e. The number of carboxylic acid groups (broad SMARTS) is 1. The molecular weight excluding hydrogens is 464 g/mol. The molecule has 4 atom stereocenters. The molecule has 8 heteroatoms. The van der Waals surface area contributed by atoms with Gasteiger partial charge < -0.3 is 20.1 Å². The summed E-state index contributed by atoms with van der Waals surface area (Å²) in [5.41, 5.74) is 4.59. The highest BCUT2D eigenvalue weighted by atomic mass is 32.2. The van der Waals surface area contributed by atoms with E-state index in [1.807, 2.05) is 30.5 Å². The van der Waals surface area contributed by atoms with Crippen molar-refractivity contribution in [2.75, 3.05) is 31.7 Å². The molecule has 5 rings (SSSR count). The van der Waals surface area contributed by atoms with E-state index in [0.717, 1.165) is 28.0 Å². The number of likely N-dealkylation sites (tertiary alicyclic amines) is 1. The minimum Gasteiger partial charge on any atom is -0.481 e. The molecule has 35 heavy (non-hydrogen) atoms. The van der Waals surface area contributed by atoms with Gasteiger partial charge in [0.2, 0.25) is 5.91 Å². The van der Waals surface area contributed by atoms with Crippen LogP contribution in [0.1, 0.15) is 29.9 Å². The van der Waals surface area contributed by atoms with E-state index < -0.39 is 18.1 Å². The van der Waals surface area contributed by atoms with Crippen LogP contribution >= 0.6 is 11.8 Å². The Labute approximate surface area is 209 Å². The standard InChI is InChI=1S/C27H30N2O5S/c1-35-13-11-23(25(30)29-12-10-20-21(14-29)24(20)26(31)32)28-27(33)34-15-22-18-8-4-2-6-16(18)17-7-3-5-9-19(17)22/h2-9,20-24H,10-15H2,1H3,(H,28,33)(H,31,32)/t20-,21+,23?,24?/m0/s1. The third kappa shape index (κ3) is 4.63. The van der Waals surface area contributed by atoms with Gasteiger partial charge in [0.25, 0.3) is 0 Å². The average molecular weight is 495 g/mol. The van der Waals surface area contributed by atoms with Crippen molar-refractivity contribution >= 4 is 29.7 Å². The van der Waals surface area contributed by atoms with Gasteiger partial charge in [-0.3, -0.25) is 9.59 Å². The van der Waals surface area contributed by atoms with E-state index in [1.54, 1.807) is 16.7 Å². The van der Waals surface area contributed by atoms with E-state index in [1.165, 1.54) is 0 Å². The Bertz CT molecular complexity index is 1090. The lowest BCUT2D eigenvalue weighted by Gasteiger charge is -2.30. The first-order chi connectivity index (χ1) is 17.0. The normalized spacial score (nSPS) is 23.0. The van der Waals surface area contributed by atoms with Crippen LogP contribution < -0.4 is 5.32 Å². The van der Waals surface area contributed by atoms with Gasteiger partial charge in [-0.2, -0.15) is 11.8 Å². The van der Waals surface area contributed by atoms with Crippen LogP contribution in [0.5, 0.6) is 0 Å². The lowest BCUT2D eigenvalue weighted by Crippen LogP contribution is -2.50. The number of nitrogens with one attached hydrogen (secondary N) is 1. The van der Waals surface area contributed by atoms with Crippen molar-refractivity contribution in [1.82, 2.24) is 10.2 Å². The largest absolute Gasteiger partial charge is 0.481 e. The first-order valence-corrected chi connectivity index (χ1v) is 13.5. The van der Waals surface area contributed by atoms with Gasteiger partial charge >= 0.3 is 12.1 Å². The van der Waals surface area contributed by atoms with Crippen molar-refractivity contribution in [3.8, 4) is 11.1 Å². The SMILES string of the molecule is CSCCC(NC(=O)OCC1c2ccccc2-c2ccccc21)C(=O)N1CC[C@@H]2C(C(=O)O)[C@@H]2C1. The Kier molecular flexibility index (Phi) is 6.73. The molecule has 2 amide bonds. The van der Waals surface area contributed by atoms with E-state index in [2.05, 4.69) is 29.6 Å². The summed E-state index contributed by atoms with van der Waals surface area (Å²) in [6, 6.07) is 15.6. The van der Waals surface area contributed by atoms with Crippen molar-refractivity contribution in [3.63, 3.8) is 0 Å². The number of hydrogen-bond acceptors (Lipinski definition) is 5. The van der Waals surface area contributed by atoms with E-state index >= 15 is 0 Å². The highest BCUT2D eigenvalue weighted by Gasteiger charge is 2.57. The van der Waals surface area contributed by atoms with E-state index in [-0.39, 0.29) is 36.2 Å². The Morgan fingerprint density at radius 2 is 1.74 bits per heavy atom. The zero-order valence-corrected chi connectivity index (χ0v) is 20.5. The highest BCUT2D eigenvalue weighted by Crippen LogP contribution is 2.51. The number of thioether (sulfide) groups is 1. The molecule has 2 aromatic carbocycles. The second kappa shape index (κ2) is 9.93. The third-order valence-electron chi connectivity index (χ3n) is 7.64. The minimum absolute atomic E-state index is 0.0286. The second-order valence-corrected chi connectivity index (χ2v) is 10.6. The number of carboxylic acids is 1. The number of rotatable bonds is 8.